The Morgan fingerprint density at radius 3 is 2.64 bits per heavy atom. The number of aryl methyl sites for hydroxylation is 1. The molecule has 1 atom stereocenters. The predicted octanol–water partition coefficient (Wildman–Crippen LogP) is 1.73. The first kappa shape index (κ1) is 16.7. The van der Waals surface area contributed by atoms with E-state index >= 15 is 0 Å². The summed E-state index contributed by atoms with van der Waals surface area (Å²) in [7, 11) is 1.79. The number of ether oxygens (including phenoxy) is 1. The molecule has 1 amide bonds. The molecule has 22 heavy (non-hydrogen) atoms. The molecular weight excluding hydrogens is 282 g/mol. The fourth-order valence-electron chi connectivity index (χ4n) is 2.97. The molecule has 1 saturated heterocycles. The van der Waals surface area contributed by atoms with Gasteiger partial charge in [-0.15, -0.1) is 0 Å². The molecule has 6 nitrogen and oxygen atoms in total. The molecule has 6 heteroatoms. The molecule has 0 saturated carbocycles. The van der Waals surface area contributed by atoms with Gasteiger partial charge < -0.3 is 9.64 Å². The van der Waals surface area contributed by atoms with Gasteiger partial charge in [0.2, 0.25) is 5.91 Å². The normalized spacial score (nSPS) is 18.3. The minimum Gasteiger partial charge on any atom is -0.376 e. The molecule has 0 bridgehead atoms. The van der Waals surface area contributed by atoms with Crippen LogP contribution in [-0.4, -0.2) is 52.7 Å². The third kappa shape index (κ3) is 3.74. The zero-order valence-corrected chi connectivity index (χ0v) is 13.9. The molecule has 0 spiro atoms. The van der Waals surface area contributed by atoms with Gasteiger partial charge in [-0.1, -0.05) is 0 Å². The van der Waals surface area contributed by atoms with Crippen LogP contribution in [0.1, 0.15) is 47.9 Å². The molecule has 1 aliphatic rings. The van der Waals surface area contributed by atoms with E-state index in [1.165, 1.54) is 6.92 Å². The number of likely N-dealkylation sites (N-methyl/N-ethyl adjacent to an activating group) is 1. The highest BCUT2D eigenvalue weighted by Crippen LogP contribution is 2.15. The van der Waals surface area contributed by atoms with Crippen molar-refractivity contribution in [2.45, 2.75) is 52.7 Å². The Kier molecular flexibility index (Phi) is 5.34. The summed E-state index contributed by atoms with van der Waals surface area (Å²) in [5.41, 5.74) is 2.04. The first-order valence-electron chi connectivity index (χ1n) is 7.80. The maximum atomic E-state index is 12.4. The van der Waals surface area contributed by atoms with Crippen molar-refractivity contribution >= 4 is 11.7 Å². The second-order valence-corrected chi connectivity index (χ2v) is 6.02. The minimum absolute atomic E-state index is 0.0161. The maximum absolute atomic E-state index is 12.4. The summed E-state index contributed by atoms with van der Waals surface area (Å²) in [6, 6.07) is 0. The highest BCUT2D eigenvalue weighted by atomic mass is 16.5. The molecule has 0 N–H and O–H groups in total. The van der Waals surface area contributed by atoms with Gasteiger partial charge in [0.25, 0.3) is 0 Å². The Hall–Kier alpha value is -1.69. The lowest BCUT2D eigenvalue weighted by atomic mass is 10.1. The lowest BCUT2D eigenvalue weighted by Gasteiger charge is -2.27. The lowest BCUT2D eigenvalue weighted by Crippen LogP contribution is -2.39. The molecule has 0 radical (unpaired) electrons. The summed E-state index contributed by atoms with van der Waals surface area (Å²) >= 11 is 0. The van der Waals surface area contributed by atoms with E-state index in [0.29, 0.717) is 17.8 Å². The van der Waals surface area contributed by atoms with E-state index in [-0.39, 0.29) is 24.3 Å². The van der Waals surface area contributed by atoms with Gasteiger partial charge in [-0.25, -0.2) is 0 Å². The number of amides is 1. The summed E-state index contributed by atoms with van der Waals surface area (Å²) in [5.74, 6) is -0.0347. The van der Waals surface area contributed by atoms with Gasteiger partial charge in [-0.05, 0) is 40.0 Å². The van der Waals surface area contributed by atoms with E-state index in [4.69, 9.17) is 4.74 Å². The molecule has 1 aromatic heterocycles. The monoisotopic (exact) mass is 307 g/mol. The van der Waals surface area contributed by atoms with Crippen LogP contribution in [0.25, 0.3) is 0 Å². The van der Waals surface area contributed by atoms with Crippen LogP contribution < -0.4 is 0 Å². The van der Waals surface area contributed by atoms with Crippen LogP contribution in [0.3, 0.4) is 0 Å². The highest BCUT2D eigenvalue weighted by Gasteiger charge is 2.21. The number of aromatic nitrogens is 2. The number of carbonyl (C=O) groups is 2. The Labute approximate surface area is 131 Å². The van der Waals surface area contributed by atoms with Crippen LogP contribution in [0.4, 0.5) is 0 Å². The number of Topliss-reactive ketones (excluding diaryl/α,β-unsaturated/α-hetero) is 1. The van der Waals surface area contributed by atoms with Gasteiger partial charge in [0.15, 0.2) is 5.78 Å². The largest absolute Gasteiger partial charge is 0.376 e. The molecule has 0 unspecified atom stereocenters. The number of carbonyl (C=O) groups excluding carboxylic acids is 2. The van der Waals surface area contributed by atoms with Crippen LogP contribution in [0.5, 0.6) is 0 Å². The van der Waals surface area contributed by atoms with E-state index in [2.05, 4.69) is 5.10 Å². The van der Waals surface area contributed by atoms with Crippen molar-refractivity contribution in [2.24, 2.45) is 0 Å². The topological polar surface area (TPSA) is 64.4 Å². The van der Waals surface area contributed by atoms with Crippen LogP contribution in [0.15, 0.2) is 0 Å². The number of hydrogen-bond acceptors (Lipinski definition) is 4. The van der Waals surface area contributed by atoms with E-state index in [0.717, 1.165) is 31.6 Å². The van der Waals surface area contributed by atoms with Crippen molar-refractivity contribution in [3.8, 4) is 0 Å². The average Bonchev–Trinajstić information content (AvgIpc) is 2.74. The summed E-state index contributed by atoms with van der Waals surface area (Å²) in [6.45, 7) is 6.70. The zero-order chi connectivity index (χ0) is 16.3. The van der Waals surface area contributed by atoms with E-state index in [1.54, 1.807) is 23.6 Å². The van der Waals surface area contributed by atoms with E-state index < -0.39 is 0 Å². The maximum Gasteiger partial charge on any atom is 0.244 e. The fraction of sp³-hybridized carbons (Fsp3) is 0.688. The number of hydrogen-bond donors (Lipinski definition) is 0. The number of rotatable bonds is 5. The standard InChI is InChI=1S/C16H25N3O3/c1-11-16(13(3)20)12(2)19(17-11)10-15(21)18(4)9-14-7-5-6-8-22-14/h14H,5-10H2,1-4H3/t14-/m1/s1. The second kappa shape index (κ2) is 7.05. The Morgan fingerprint density at radius 1 is 1.36 bits per heavy atom. The summed E-state index contributed by atoms with van der Waals surface area (Å²) in [5, 5.41) is 4.32. The average molecular weight is 307 g/mol. The Morgan fingerprint density at radius 2 is 2.09 bits per heavy atom. The molecule has 122 valence electrons. The van der Waals surface area contributed by atoms with Crippen LogP contribution >= 0.6 is 0 Å². The van der Waals surface area contributed by atoms with Crippen LogP contribution in [0, 0.1) is 13.8 Å². The summed E-state index contributed by atoms with van der Waals surface area (Å²) in [4.78, 5) is 25.7. The minimum atomic E-state index is -0.0186. The smallest absolute Gasteiger partial charge is 0.244 e. The molecule has 2 heterocycles. The number of ketones is 1. The Bertz CT molecular complexity index is 559. The molecule has 1 fully saturated rings. The zero-order valence-electron chi connectivity index (χ0n) is 13.9. The quantitative estimate of drug-likeness (QED) is 0.777. The van der Waals surface area contributed by atoms with Crippen molar-refractivity contribution in [1.29, 1.82) is 0 Å². The first-order valence-corrected chi connectivity index (χ1v) is 7.80. The van der Waals surface area contributed by atoms with E-state index in [1.807, 2.05) is 6.92 Å². The lowest BCUT2D eigenvalue weighted by molar-refractivity contribution is -0.133. The third-order valence-corrected chi connectivity index (χ3v) is 4.20. The van der Waals surface area contributed by atoms with Crippen molar-refractivity contribution < 1.29 is 14.3 Å². The van der Waals surface area contributed by atoms with Gasteiger partial charge in [0, 0.05) is 25.9 Å². The number of nitrogens with zero attached hydrogens (tertiary/aromatic N) is 3. The van der Waals surface area contributed by atoms with E-state index in [9.17, 15) is 9.59 Å². The molecule has 0 aliphatic carbocycles. The SMILES string of the molecule is CC(=O)c1c(C)nn(CC(=O)N(C)C[C@H]2CCCCO2)c1C. The van der Waals surface area contributed by atoms with Gasteiger partial charge in [-0.2, -0.15) is 5.10 Å². The van der Waals surface area contributed by atoms with Gasteiger partial charge in [0.05, 0.1) is 17.4 Å². The highest BCUT2D eigenvalue weighted by molar-refractivity contribution is 5.96. The predicted molar refractivity (Wildman–Crippen MR) is 82.9 cm³/mol. The molecule has 1 aromatic rings. The second-order valence-electron chi connectivity index (χ2n) is 6.02. The molecule has 0 aromatic carbocycles. The summed E-state index contributed by atoms with van der Waals surface area (Å²) in [6.07, 6.45) is 3.40. The van der Waals surface area contributed by atoms with Crippen LogP contribution in [-0.2, 0) is 16.1 Å². The summed E-state index contributed by atoms with van der Waals surface area (Å²) < 4.78 is 7.28. The fourth-order valence-corrected chi connectivity index (χ4v) is 2.97. The van der Waals surface area contributed by atoms with Crippen molar-refractivity contribution in [3.63, 3.8) is 0 Å². The third-order valence-electron chi connectivity index (χ3n) is 4.20. The van der Waals surface area contributed by atoms with Crippen molar-refractivity contribution in [3.05, 3.63) is 17.0 Å². The van der Waals surface area contributed by atoms with Crippen molar-refractivity contribution in [1.82, 2.24) is 14.7 Å². The molecule has 1 aliphatic heterocycles. The van der Waals surface area contributed by atoms with Crippen molar-refractivity contribution in [2.75, 3.05) is 20.2 Å². The first-order chi connectivity index (χ1) is 10.4. The van der Waals surface area contributed by atoms with Gasteiger partial charge >= 0.3 is 0 Å². The van der Waals surface area contributed by atoms with Gasteiger partial charge in [0.1, 0.15) is 6.54 Å². The molecule has 2 rings (SSSR count). The van der Waals surface area contributed by atoms with Gasteiger partial charge in [-0.3, -0.25) is 14.3 Å². The Balaban J connectivity index is 1.99. The van der Waals surface area contributed by atoms with Crippen LogP contribution in [0.2, 0.25) is 0 Å². The molecular formula is C16H25N3O3.